The van der Waals surface area contributed by atoms with Crippen LogP contribution in [-0.4, -0.2) is 16.2 Å². The van der Waals surface area contributed by atoms with Crippen molar-refractivity contribution in [1.29, 1.82) is 0 Å². The average molecular weight is 300 g/mol. The van der Waals surface area contributed by atoms with E-state index in [0.29, 0.717) is 16.3 Å². The van der Waals surface area contributed by atoms with E-state index >= 15 is 0 Å². The lowest BCUT2D eigenvalue weighted by Crippen LogP contribution is -2.12. The highest BCUT2D eigenvalue weighted by Gasteiger charge is 2.15. The number of hydrogen-bond acceptors (Lipinski definition) is 4. The Bertz CT molecular complexity index is 754. The Morgan fingerprint density at radius 2 is 1.71 bits per heavy atom. The smallest absolute Gasteiger partial charge is 0.256 e. The van der Waals surface area contributed by atoms with Crippen LogP contribution in [0.15, 0.2) is 59.2 Å². The minimum absolute atomic E-state index is 0.279. The number of carbonyl (C=O) groups is 1. The molecule has 0 fully saturated rings. The van der Waals surface area contributed by atoms with Crippen LogP contribution in [0, 0.1) is 0 Å². The third-order valence-corrected chi connectivity index (χ3v) is 3.13. The predicted molar refractivity (Wildman–Crippen MR) is 79.1 cm³/mol. The van der Waals surface area contributed by atoms with Crippen molar-refractivity contribution >= 4 is 23.3 Å². The van der Waals surface area contributed by atoms with E-state index in [2.05, 4.69) is 15.6 Å². The molecular formula is C15H10ClN3O2. The summed E-state index contributed by atoms with van der Waals surface area (Å²) in [6, 6.07) is 15.9. The van der Waals surface area contributed by atoms with Gasteiger partial charge in [0.05, 0.1) is 0 Å². The van der Waals surface area contributed by atoms with Crippen molar-refractivity contribution in [2.45, 2.75) is 0 Å². The molecule has 0 bridgehead atoms. The Morgan fingerprint density at radius 3 is 2.43 bits per heavy atom. The number of halogens is 1. The Kier molecular flexibility index (Phi) is 3.66. The van der Waals surface area contributed by atoms with E-state index in [1.807, 2.05) is 30.3 Å². The van der Waals surface area contributed by atoms with Gasteiger partial charge >= 0.3 is 0 Å². The molecule has 6 heteroatoms. The highest BCUT2D eigenvalue weighted by Crippen LogP contribution is 2.24. The van der Waals surface area contributed by atoms with Crippen molar-refractivity contribution in [2.24, 2.45) is 0 Å². The van der Waals surface area contributed by atoms with Crippen LogP contribution in [0.25, 0.3) is 11.3 Å². The molecule has 0 saturated carbocycles. The molecule has 1 amide bonds. The summed E-state index contributed by atoms with van der Waals surface area (Å²) in [6.07, 6.45) is 0. The van der Waals surface area contributed by atoms with E-state index in [-0.39, 0.29) is 11.7 Å². The van der Waals surface area contributed by atoms with Crippen LogP contribution in [0.1, 0.15) is 10.4 Å². The van der Waals surface area contributed by atoms with Crippen LogP contribution >= 0.6 is 11.6 Å². The molecule has 1 heterocycles. The topological polar surface area (TPSA) is 68.0 Å². The predicted octanol–water partition coefficient (Wildman–Crippen LogP) is 3.64. The lowest BCUT2D eigenvalue weighted by atomic mass is 10.1. The minimum Gasteiger partial charge on any atom is -0.302 e. The summed E-state index contributed by atoms with van der Waals surface area (Å²) in [4.78, 5) is 12.1. The Morgan fingerprint density at radius 1 is 1.00 bits per heavy atom. The van der Waals surface area contributed by atoms with E-state index in [1.165, 1.54) is 0 Å². The van der Waals surface area contributed by atoms with Crippen molar-refractivity contribution in [3.05, 3.63) is 65.2 Å². The number of rotatable bonds is 3. The van der Waals surface area contributed by atoms with Crippen LogP contribution in [-0.2, 0) is 0 Å². The van der Waals surface area contributed by atoms with Crippen LogP contribution in [0.3, 0.4) is 0 Å². The maximum atomic E-state index is 12.1. The molecule has 2 aromatic carbocycles. The quantitative estimate of drug-likeness (QED) is 0.801. The zero-order valence-corrected chi connectivity index (χ0v) is 11.5. The molecule has 0 unspecified atom stereocenters. The number of hydrogen-bond donors (Lipinski definition) is 1. The monoisotopic (exact) mass is 299 g/mol. The Labute approximate surface area is 125 Å². The van der Waals surface area contributed by atoms with Crippen molar-refractivity contribution in [1.82, 2.24) is 10.3 Å². The van der Waals surface area contributed by atoms with Crippen molar-refractivity contribution in [2.75, 3.05) is 5.32 Å². The summed E-state index contributed by atoms with van der Waals surface area (Å²) >= 11 is 5.80. The largest absolute Gasteiger partial charge is 0.302 e. The summed E-state index contributed by atoms with van der Waals surface area (Å²) < 4.78 is 4.72. The van der Waals surface area contributed by atoms with Crippen LogP contribution in [0.4, 0.5) is 5.82 Å². The van der Waals surface area contributed by atoms with Gasteiger partial charge in [0.2, 0.25) is 5.82 Å². The molecule has 0 radical (unpaired) electrons. The fourth-order valence-corrected chi connectivity index (χ4v) is 1.96. The first-order valence-corrected chi connectivity index (χ1v) is 6.57. The molecule has 0 aliphatic rings. The van der Waals surface area contributed by atoms with Gasteiger partial charge in [-0.3, -0.25) is 4.79 Å². The van der Waals surface area contributed by atoms with Gasteiger partial charge in [-0.1, -0.05) is 41.9 Å². The molecule has 3 aromatic rings. The van der Waals surface area contributed by atoms with Gasteiger partial charge in [0.15, 0.2) is 5.69 Å². The zero-order chi connectivity index (χ0) is 14.7. The highest BCUT2D eigenvalue weighted by atomic mass is 35.5. The number of carbonyl (C=O) groups excluding carboxylic acids is 1. The van der Waals surface area contributed by atoms with E-state index in [1.54, 1.807) is 24.3 Å². The molecule has 0 aliphatic heterocycles. The standard InChI is InChI=1S/C15H10ClN3O2/c16-12-8-6-11(7-9-12)15(20)17-14-13(18-21-19-14)10-4-2-1-3-5-10/h1-9H,(H,17,19,20). The van der Waals surface area contributed by atoms with Gasteiger partial charge in [0.1, 0.15) is 0 Å². The summed E-state index contributed by atoms with van der Waals surface area (Å²) in [5.74, 6) is -0.0271. The van der Waals surface area contributed by atoms with Gasteiger partial charge in [-0.2, -0.15) is 0 Å². The summed E-state index contributed by atoms with van der Waals surface area (Å²) in [7, 11) is 0. The molecule has 3 rings (SSSR count). The minimum atomic E-state index is -0.306. The van der Waals surface area contributed by atoms with Gasteiger partial charge in [-0.15, -0.1) is 0 Å². The number of anilines is 1. The molecule has 1 N–H and O–H groups in total. The lowest BCUT2D eigenvalue weighted by Gasteiger charge is -2.03. The molecule has 0 aliphatic carbocycles. The second-order valence-corrected chi connectivity index (χ2v) is 4.72. The molecule has 104 valence electrons. The second-order valence-electron chi connectivity index (χ2n) is 4.29. The molecule has 0 saturated heterocycles. The van der Waals surface area contributed by atoms with Gasteiger partial charge in [0.25, 0.3) is 5.91 Å². The van der Waals surface area contributed by atoms with E-state index < -0.39 is 0 Å². The summed E-state index contributed by atoms with van der Waals surface area (Å²) in [6.45, 7) is 0. The van der Waals surface area contributed by atoms with Crippen molar-refractivity contribution in [3.63, 3.8) is 0 Å². The lowest BCUT2D eigenvalue weighted by molar-refractivity contribution is 0.102. The first kappa shape index (κ1) is 13.3. The van der Waals surface area contributed by atoms with E-state index in [4.69, 9.17) is 16.2 Å². The molecule has 0 atom stereocenters. The molecule has 5 nitrogen and oxygen atoms in total. The zero-order valence-electron chi connectivity index (χ0n) is 10.8. The van der Waals surface area contributed by atoms with Gasteiger partial charge in [-0.25, -0.2) is 4.63 Å². The molecular weight excluding hydrogens is 290 g/mol. The van der Waals surface area contributed by atoms with Crippen LogP contribution < -0.4 is 5.32 Å². The second kappa shape index (κ2) is 5.76. The number of nitrogens with one attached hydrogen (secondary N) is 1. The van der Waals surface area contributed by atoms with Gasteiger partial charge in [-0.05, 0) is 34.6 Å². The third-order valence-electron chi connectivity index (χ3n) is 2.87. The fraction of sp³-hybridized carbons (Fsp3) is 0. The normalized spacial score (nSPS) is 10.3. The average Bonchev–Trinajstić information content (AvgIpc) is 2.97. The first-order valence-electron chi connectivity index (χ1n) is 6.19. The summed E-state index contributed by atoms with van der Waals surface area (Å²) in [5, 5.41) is 10.8. The number of benzene rings is 2. The van der Waals surface area contributed by atoms with Gasteiger partial charge < -0.3 is 5.32 Å². The van der Waals surface area contributed by atoms with Gasteiger partial charge in [0, 0.05) is 16.1 Å². The Balaban J connectivity index is 1.85. The van der Waals surface area contributed by atoms with Crippen LogP contribution in [0.5, 0.6) is 0 Å². The van der Waals surface area contributed by atoms with E-state index in [9.17, 15) is 4.79 Å². The molecule has 1 aromatic heterocycles. The molecule has 0 spiro atoms. The number of amides is 1. The molecule has 21 heavy (non-hydrogen) atoms. The highest BCUT2D eigenvalue weighted by molar-refractivity contribution is 6.30. The maximum Gasteiger partial charge on any atom is 0.256 e. The SMILES string of the molecule is O=C(Nc1nonc1-c1ccccc1)c1ccc(Cl)cc1. The first-order chi connectivity index (χ1) is 10.2. The van der Waals surface area contributed by atoms with Crippen LogP contribution in [0.2, 0.25) is 5.02 Å². The third kappa shape index (κ3) is 2.93. The van der Waals surface area contributed by atoms with Crippen molar-refractivity contribution in [3.8, 4) is 11.3 Å². The number of aromatic nitrogens is 2. The fourth-order valence-electron chi connectivity index (χ4n) is 1.84. The van der Waals surface area contributed by atoms with Crippen molar-refractivity contribution < 1.29 is 9.42 Å². The number of nitrogens with zero attached hydrogens (tertiary/aromatic N) is 2. The van der Waals surface area contributed by atoms with E-state index in [0.717, 1.165) is 5.56 Å². The summed E-state index contributed by atoms with van der Waals surface area (Å²) in [5.41, 5.74) is 1.77. The Hall–Kier alpha value is -2.66. The maximum absolute atomic E-state index is 12.1.